The second-order valence-corrected chi connectivity index (χ2v) is 78.3. The SMILES string of the molecule is O=C[NH][In]([NH]C=O)[Zr]([Cl])([Cl])([CH]1C=C(N2CCCC2)c2ccccc21)[CH]1C=C(N2CCCC2)c2ccccc21. The van der Waals surface area contributed by atoms with Crippen molar-refractivity contribution in [2.24, 2.45) is 0 Å². The van der Waals surface area contributed by atoms with Gasteiger partial charge in [0.05, 0.1) is 0 Å². The molecule has 0 aromatic heterocycles. The maximum atomic E-state index is 12.0. The van der Waals surface area contributed by atoms with Gasteiger partial charge in [-0.1, -0.05) is 0 Å². The molecular formula is C28H32Cl2InN4O2Zr. The van der Waals surface area contributed by atoms with Gasteiger partial charge < -0.3 is 0 Å². The Balaban J connectivity index is 1.58. The second kappa shape index (κ2) is 10.6. The average Bonchev–Trinajstić information content (AvgIpc) is 3.73. The van der Waals surface area contributed by atoms with Crippen molar-refractivity contribution in [3.05, 3.63) is 82.9 Å². The van der Waals surface area contributed by atoms with Crippen molar-refractivity contribution in [1.82, 2.24) is 16.4 Å². The summed E-state index contributed by atoms with van der Waals surface area (Å²) >= 11 is -8.97. The van der Waals surface area contributed by atoms with Crippen LogP contribution in [0.25, 0.3) is 11.4 Å². The summed E-state index contributed by atoms with van der Waals surface area (Å²) in [6.45, 7) is 4.05. The van der Waals surface area contributed by atoms with Gasteiger partial charge in [-0.15, -0.1) is 0 Å². The van der Waals surface area contributed by atoms with Crippen LogP contribution in [-0.4, -0.2) is 66.1 Å². The van der Waals surface area contributed by atoms with Crippen LogP contribution in [-0.2, 0) is 21.3 Å². The van der Waals surface area contributed by atoms with E-state index in [9.17, 15) is 9.59 Å². The van der Waals surface area contributed by atoms with E-state index in [4.69, 9.17) is 17.0 Å². The minimum absolute atomic E-state index is 0.223. The van der Waals surface area contributed by atoms with Gasteiger partial charge >= 0.3 is 238 Å². The standard InChI is InChI=1S/2C13H14N.2CH3NO.2ClH.In.Zr/c2*1-2-6-12-11(5-1)7-8-13(12)14-9-3-4-10-14;2*2-1-3;;;;/h2*1-2,5-8H,3-4,9-10H2;2*1H,(H2,2,3);2*1H;;/q;;;;;;2*+2/p-4. The quantitative estimate of drug-likeness (QED) is 0.363. The molecule has 4 aliphatic rings. The zero-order valence-corrected chi connectivity index (χ0v) is 28.5. The zero-order valence-electron chi connectivity index (χ0n) is 21.3. The molecule has 38 heavy (non-hydrogen) atoms. The molecule has 2 heterocycles. The van der Waals surface area contributed by atoms with Gasteiger partial charge in [-0.2, -0.15) is 0 Å². The fraction of sp³-hybridized carbons (Fsp3) is 0.357. The number of amides is 2. The number of carbonyl (C=O) groups excluding carboxylic acids is 2. The molecule has 10 heteroatoms. The van der Waals surface area contributed by atoms with Crippen LogP contribution in [0.2, 0.25) is 0 Å². The van der Waals surface area contributed by atoms with Crippen LogP contribution < -0.4 is 6.61 Å². The molecule has 2 aromatic rings. The molecule has 2 aliphatic heterocycles. The van der Waals surface area contributed by atoms with E-state index in [1.54, 1.807) is 0 Å². The molecule has 197 valence electrons. The number of likely N-dealkylation sites (tertiary alicyclic amines) is 2. The van der Waals surface area contributed by atoms with Crippen LogP contribution in [0.15, 0.2) is 60.7 Å². The van der Waals surface area contributed by atoms with E-state index >= 15 is 0 Å². The van der Waals surface area contributed by atoms with E-state index in [2.05, 4.69) is 77.1 Å². The Labute approximate surface area is 236 Å². The summed E-state index contributed by atoms with van der Waals surface area (Å²) < 4.78 is 5.71. The van der Waals surface area contributed by atoms with Crippen molar-refractivity contribution < 1.29 is 21.3 Å². The topological polar surface area (TPSA) is 64.7 Å². The van der Waals surface area contributed by atoms with E-state index < -0.39 is 29.0 Å². The molecule has 2 aromatic carbocycles. The number of nitrogens with one attached hydrogen (secondary N) is 2. The summed E-state index contributed by atoms with van der Waals surface area (Å²) in [7, 11) is 16.5. The Morgan fingerprint density at radius 2 is 1.11 bits per heavy atom. The number of halogens is 2. The van der Waals surface area contributed by atoms with Crippen molar-refractivity contribution in [2.75, 3.05) is 26.2 Å². The first kappa shape index (κ1) is 27.0. The van der Waals surface area contributed by atoms with Gasteiger partial charge in [-0.3, -0.25) is 0 Å². The Kier molecular flexibility index (Phi) is 7.56. The average molecular weight is 734 g/mol. The van der Waals surface area contributed by atoms with E-state index in [1.807, 2.05) is 0 Å². The molecule has 6 nitrogen and oxygen atoms in total. The third-order valence-electron chi connectivity index (χ3n) is 8.90. The van der Waals surface area contributed by atoms with E-state index in [-0.39, 0.29) is 7.25 Å². The Morgan fingerprint density at radius 1 is 0.711 bits per heavy atom. The number of allylic oxidation sites excluding steroid dienone is 2. The van der Waals surface area contributed by atoms with E-state index in [1.165, 1.54) is 48.2 Å². The van der Waals surface area contributed by atoms with Gasteiger partial charge in [0.2, 0.25) is 0 Å². The van der Waals surface area contributed by atoms with Crippen LogP contribution in [0.1, 0.15) is 55.2 Å². The Morgan fingerprint density at radius 3 is 1.50 bits per heavy atom. The maximum absolute atomic E-state index is 12.0. The molecule has 0 spiro atoms. The summed E-state index contributed by atoms with van der Waals surface area (Å²) in [4.78, 5) is 28.9. The number of fused-ring (bicyclic) bond motifs is 2. The summed E-state index contributed by atoms with van der Waals surface area (Å²) in [5, 5.41) is 0. The summed E-state index contributed by atoms with van der Waals surface area (Å²) in [5.41, 5.74) is 7.01. The third kappa shape index (κ3) is 4.24. The van der Waals surface area contributed by atoms with Crippen LogP contribution in [0.3, 0.4) is 0 Å². The molecule has 0 bridgehead atoms. The van der Waals surface area contributed by atoms with Crippen molar-refractivity contribution >= 4 is 58.5 Å². The molecule has 2 N–H and O–H groups in total. The van der Waals surface area contributed by atoms with Gasteiger partial charge in [0, 0.05) is 0 Å². The zero-order chi connectivity index (χ0) is 26.4. The van der Waals surface area contributed by atoms with Gasteiger partial charge in [0.25, 0.3) is 0 Å². The monoisotopic (exact) mass is 731 g/mol. The van der Waals surface area contributed by atoms with Gasteiger partial charge in [-0.05, 0) is 0 Å². The van der Waals surface area contributed by atoms with E-state index in [0.29, 0.717) is 12.8 Å². The van der Waals surface area contributed by atoms with Crippen LogP contribution in [0.5, 0.6) is 0 Å². The van der Waals surface area contributed by atoms with Crippen molar-refractivity contribution in [3.63, 3.8) is 0 Å². The molecule has 2 saturated heterocycles. The molecule has 2 fully saturated rings. The summed E-state index contributed by atoms with van der Waals surface area (Å²) in [5.74, 6) is 0. The first-order valence-corrected chi connectivity index (χ1v) is 37.2. The Bertz CT molecular complexity index is 1230. The van der Waals surface area contributed by atoms with Crippen LogP contribution in [0.4, 0.5) is 0 Å². The molecule has 2 amide bonds. The number of hydrogen-bond acceptors (Lipinski definition) is 4. The third-order valence-corrected chi connectivity index (χ3v) is 81.6. The number of rotatable bonds is 9. The van der Waals surface area contributed by atoms with Gasteiger partial charge in [0.1, 0.15) is 0 Å². The molecule has 6 rings (SSSR count). The molecule has 0 radical (unpaired) electrons. The normalized spacial score (nSPS) is 23.2. The fourth-order valence-electron chi connectivity index (χ4n) is 7.11. The van der Waals surface area contributed by atoms with Crippen LogP contribution in [0, 0.1) is 0 Å². The number of nitrogens with zero attached hydrogens (tertiary/aromatic N) is 2. The molecular weight excluding hydrogens is 701 g/mol. The fourth-order valence-corrected chi connectivity index (χ4v) is 67.7. The van der Waals surface area contributed by atoms with Gasteiger partial charge in [-0.25, -0.2) is 0 Å². The van der Waals surface area contributed by atoms with E-state index in [0.717, 1.165) is 37.3 Å². The predicted molar refractivity (Wildman–Crippen MR) is 152 cm³/mol. The minimum atomic E-state index is -5.27. The molecule has 2 atom stereocenters. The number of hydrogen-bond donors (Lipinski definition) is 2. The van der Waals surface area contributed by atoms with Crippen LogP contribution >= 0.6 is 17.0 Å². The summed E-state index contributed by atoms with van der Waals surface area (Å²) in [6, 6.07) is 16.9. The first-order chi connectivity index (χ1) is 18.5. The van der Waals surface area contributed by atoms with Crippen molar-refractivity contribution in [1.29, 1.82) is 0 Å². The first-order valence-electron chi connectivity index (χ1n) is 13.6. The van der Waals surface area contributed by atoms with Gasteiger partial charge in [0.15, 0.2) is 0 Å². The summed E-state index contributed by atoms with van der Waals surface area (Å²) in [6.07, 6.45) is 10.7. The second-order valence-electron chi connectivity index (χ2n) is 10.9. The number of benzene rings is 2. The Hall–Kier alpha value is -1.21. The number of carbonyl (C=O) groups is 2. The van der Waals surface area contributed by atoms with Crippen molar-refractivity contribution in [2.45, 2.75) is 32.9 Å². The van der Waals surface area contributed by atoms with Crippen molar-refractivity contribution in [3.8, 4) is 0 Å². The molecule has 0 saturated carbocycles. The predicted octanol–water partition coefficient (Wildman–Crippen LogP) is 4.84. The molecule has 2 unspecified atom stereocenters. The molecule has 2 aliphatic carbocycles.